The van der Waals surface area contributed by atoms with Gasteiger partial charge in [-0.3, -0.25) is 9.59 Å². The van der Waals surface area contributed by atoms with Crippen molar-refractivity contribution in [3.8, 4) is 11.8 Å². The number of ether oxygens (including phenoxy) is 1. The number of aryl methyl sites for hydroxylation is 1. The molecule has 1 heterocycles. The highest BCUT2D eigenvalue weighted by Gasteiger charge is 2.36. The summed E-state index contributed by atoms with van der Waals surface area (Å²) in [6.07, 6.45) is 0.118. The molecular formula is C20H18ClN3O3. The predicted octanol–water partition coefficient (Wildman–Crippen LogP) is 3.52. The summed E-state index contributed by atoms with van der Waals surface area (Å²) < 4.78 is 5.35. The molecule has 2 aromatic carbocycles. The van der Waals surface area contributed by atoms with E-state index in [1.807, 2.05) is 31.2 Å². The summed E-state index contributed by atoms with van der Waals surface area (Å²) in [4.78, 5) is 26.7. The Labute approximate surface area is 162 Å². The Morgan fingerprint density at radius 2 is 2.11 bits per heavy atom. The number of carbonyl (C=O) groups excluding carboxylic acids is 2. The van der Waals surface area contributed by atoms with Crippen molar-refractivity contribution in [3.63, 3.8) is 0 Å². The zero-order valence-electron chi connectivity index (χ0n) is 15.0. The van der Waals surface area contributed by atoms with Crippen LogP contribution in [0, 0.1) is 24.2 Å². The molecule has 0 aliphatic carbocycles. The van der Waals surface area contributed by atoms with Crippen LogP contribution in [0.1, 0.15) is 17.5 Å². The Kier molecular flexibility index (Phi) is 5.33. The van der Waals surface area contributed by atoms with Gasteiger partial charge in [0.05, 0.1) is 29.3 Å². The largest absolute Gasteiger partial charge is 0.495 e. The molecule has 6 nitrogen and oxygen atoms in total. The van der Waals surface area contributed by atoms with Crippen molar-refractivity contribution in [3.05, 3.63) is 52.5 Å². The first-order valence-corrected chi connectivity index (χ1v) is 8.76. The molecule has 27 heavy (non-hydrogen) atoms. The highest BCUT2D eigenvalue weighted by atomic mass is 35.5. The zero-order valence-corrected chi connectivity index (χ0v) is 15.7. The molecule has 1 saturated heterocycles. The van der Waals surface area contributed by atoms with Crippen molar-refractivity contribution in [1.82, 2.24) is 0 Å². The molecular weight excluding hydrogens is 366 g/mol. The number of nitrogens with one attached hydrogen (secondary N) is 1. The van der Waals surface area contributed by atoms with E-state index in [1.54, 1.807) is 24.1 Å². The van der Waals surface area contributed by atoms with Gasteiger partial charge in [-0.05, 0) is 42.8 Å². The predicted molar refractivity (Wildman–Crippen MR) is 103 cm³/mol. The number of anilines is 2. The molecule has 0 aromatic heterocycles. The van der Waals surface area contributed by atoms with E-state index in [0.29, 0.717) is 22.7 Å². The fourth-order valence-corrected chi connectivity index (χ4v) is 3.28. The number of halogens is 1. The van der Waals surface area contributed by atoms with Crippen LogP contribution in [0.25, 0.3) is 0 Å². The molecule has 1 aliphatic rings. The second kappa shape index (κ2) is 7.68. The van der Waals surface area contributed by atoms with Gasteiger partial charge < -0.3 is 15.0 Å². The number of rotatable bonds is 4. The topological polar surface area (TPSA) is 82.4 Å². The van der Waals surface area contributed by atoms with Gasteiger partial charge >= 0.3 is 0 Å². The first-order chi connectivity index (χ1) is 12.9. The zero-order chi connectivity index (χ0) is 19.6. The van der Waals surface area contributed by atoms with Crippen LogP contribution in [0.2, 0.25) is 5.02 Å². The van der Waals surface area contributed by atoms with Crippen LogP contribution < -0.4 is 15.0 Å². The van der Waals surface area contributed by atoms with Gasteiger partial charge in [0.15, 0.2) is 0 Å². The van der Waals surface area contributed by atoms with E-state index in [-0.39, 0.29) is 29.8 Å². The quantitative estimate of drug-likeness (QED) is 0.875. The summed E-state index contributed by atoms with van der Waals surface area (Å²) in [6.45, 7) is 2.21. The molecule has 1 N–H and O–H groups in total. The maximum absolute atomic E-state index is 12.6. The molecule has 1 aliphatic heterocycles. The van der Waals surface area contributed by atoms with E-state index in [1.165, 1.54) is 6.07 Å². The number of hydrogen-bond acceptors (Lipinski definition) is 4. The summed E-state index contributed by atoms with van der Waals surface area (Å²) >= 11 is 6.00. The second-order valence-corrected chi connectivity index (χ2v) is 6.78. The number of nitriles is 1. The number of amides is 2. The number of carbonyl (C=O) groups is 2. The van der Waals surface area contributed by atoms with Crippen LogP contribution in [0.4, 0.5) is 11.4 Å². The Morgan fingerprint density at radius 1 is 1.33 bits per heavy atom. The minimum atomic E-state index is -0.489. The highest BCUT2D eigenvalue weighted by Crippen LogP contribution is 2.34. The van der Waals surface area contributed by atoms with Crippen LogP contribution in [0.15, 0.2) is 36.4 Å². The number of nitrogens with zero attached hydrogens (tertiary/aromatic N) is 2. The SMILES string of the molecule is COc1ccc(C)cc1N1C[C@H](C(=O)Nc2ccc(C#N)c(Cl)c2)CC1=O. The minimum Gasteiger partial charge on any atom is -0.495 e. The van der Waals surface area contributed by atoms with Gasteiger partial charge in [0.2, 0.25) is 11.8 Å². The highest BCUT2D eigenvalue weighted by molar-refractivity contribution is 6.32. The van der Waals surface area contributed by atoms with Gasteiger partial charge in [0.25, 0.3) is 0 Å². The molecule has 0 unspecified atom stereocenters. The fraction of sp³-hybridized carbons (Fsp3) is 0.250. The molecule has 0 radical (unpaired) electrons. The van der Waals surface area contributed by atoms with Crippen LogP contribution in [0.3, 0.4) is 0 Å². The van der Waals surface area contributed by atoms with E-state index in [4.69, 9.17) is 21.6 Å². The van der Waals surface area contributed by atoms with Crippen molar-refractivity contribution in [2.24, 2.45) is 5.92 Å². The molecule has 0 bridgehead atoms. The molecule has 0 spiro atoms. The van der Waals surface area contributed by atoms with Gasteiger partial charge in [0.1, 0.15) is 11.8 Å². The van der Waals surface area contributed by atoms with Crippen LogP contribution in [-0.2, 0) is 9.59 Å². The lowest BCUT2D eigenvalue weighted by Gasteiger charge is -2.20. The molecule has 1 fully saturated rings. The lowest BCUT2D eigenvalue weighted by Crippen LogP contribution is -2.28. The third-order valence-electron chi connectivity index (χ3n) is 4.48. The lowest BCUT2D eigenvalue weighted by atomic mass is 10.1. The summed E-state index contributed by atoms with van der Waals surface area (Å²) in [6, 6.07) is 12.2. The monoisotopic (exact) mass is 383 g/mol. The molecule has 138 valence electrons. The van der Waals surface area contributed by atoms with Crippen LogP contribution >= 0.6 is 11.6 Å². The van der Waals surface area contributed by atoms with E-state index in [2.05, 4.69) is 5.32 Å². The molecule has 2 amide bonds. The summed E-state index contributed by atoms with van der Waals surface area (Å²) in [7, 11) is 1.55. The maximum Gasteiger partial charge on any atom is 0.229 e. The maximum atomic E-state index is 12.6. The Bertz CT molecular complexity index is 952. The third kappa shape index (κ3) is 3.88. The van der Waals surface area contributed by atoms with Gasteiger partial charge in [-0.2, -0.15) is 5.26 Å². The first-order valence-electron chi connectivity index (χ1n) is 8.38. The normalized spacial score (nSPS) is 16.1. The second-order valence-electron chi connectivity index (χ2n) is 6.38. The minimum absolute atomic E-state index is 0.118. The van der Waals surface area contributed by atoms with Crippen molar-refractivity contribution >= 4 is 34.8 Å². The van der Waals surface area contributed by atoms with Gasteiger partial charge in [0, 0.05) is 18.7 Å². The van der Waals surface area contributed by atoms with Gasteiger partial charge in [-0.1, -0.05) is 17.7 Å². The summed E-state index contributed by atoms with van der Waals surface area (Å²) in [5.41, 5.74) is 2.49. The summed E-state index contributed by atoms with van der Waals surface area (Å²) in [5, 5.41) is 12.0. The average Bonchev–Trinajstić information content (AvgIpc) is 3.03. The van der Waals surface area contributed by atoms with E-state index in [0.717, 1.165) is 5.56 Å². The summed E-state index contributed by atoms with van der Waals surface area (Å²) in [5.74, 6) is -0.291. The van der Waals surface area contributed by atoms with Crippen LogP contribution in [0.5, 0.6) is 5.75 Å². The van der Waals surface area contributed by atoms with Crippen molar-refractivity contribution in [2.45, 2.75) is 13.3 Å². The van der Waals surface area contributed by atoms with Crippen LogP contribution in [-0.4, -0.2) is 25.5 Å². The molecule has 7 heteroatoms. The smallest absolute Gasteiger partial charge is 0.229 e. The van der Waals surface area contributed by atoms with E-state index in [9.17, 15) is 9.59 Å². The molecule has 2 aromatic rings. The Morgan fingerprint density at radius 3 is 2.78 bits per heavy atom. The van der Waals surface area contributed by atoms with Gasteiger partial charge in [-0.15, -0.1) is 0 Å². The van der Waals surface area contributed by atoms with Crippen molar-refractivity contribution in [2.75, 3.05) is 23.9 Å². The fourth-order valence-electron chi connectivity index (χ4n) is 3.05. The Balaban J connectivity index is 1.75. The number of hydrogen-bond donors (Lipinski definition) is 1. The average molecular weight is 384 g/mol. The number of methoxy groups -OCH3 is 1. The molecule has 1 atom stereocenters. The molecule has 3 rings (SSSR count). The van der Waals surface area contributed by atoms with E-state index < -0.39 is 5.92 Å². The van der Waals surface area contributed by atoms with Crippen molar-refractivity contribution < 1.29 is 14.3 Å². The third-order valence-corrected chi connectivity index (χ3v) is 4.79. The van der Waals surface area contributed by atoms with Gasteiger partial charge in [-0.25, -0.2) is 0 Å². The first kappa shape index (κ1) is 18.7. The number of benzene rings is 2. The Hall–Kier alpha value is -3.04. The lowest BCUT2D eigenvalue weighted by molar-refractivity contribution is -0.122. The molecule has 0 saturated carbocycles. The van der Waals surface area contributed by atoms with E-state index >= 15 is 0 Å². The van der Waals surface area contributed by atoms with Crippen molar-refractivity contribution in [1.29, 1.82) is 5.26 Å². The standard InChI is InChI=1S/C20H18ClN3O3/c1-12-3-6-18(27-2)17(7-12)24-11-14(8-19(24)25)20(26)23-15-5-4-13(10-22)16(21)9-15/h3-7,9,14H,8,11H2,1-2H3,(H,23,26)/t14-/m1/s1.